The lowest BCUT2D eigenvalue weighted by Gasteiger charge is -2.00. The average molecular weight is 225 g/mol. The summed E-state index contributed by atoms with van der Waals surface area (Å²) >= 11 is 0. The number of hydrogen-bond donors (Lipinski definition) is 1. The zero-order valence-corrected chi connectivity index (χ0v) is 9.33. The zero-order chi connectivity index (χ0) is 11.8. The van der Waals surface area contributed by atoms with Gasteiger partial charge < -0.3 is 5.73 Å². The van der Waals surface area contributed by atoms with Gasteiger partial charge in [-0.25, -0.2) is 9.97 Å². The van der Waals surface area contributed by atoms with E-state index in [0.29, 0.717) is 5.95 Å². The number of benzene rings is 1. The summed E-state index contributed by atoms with van der Waals surface area (Å²) < 4.78 is 1.54. The maximum atomic E-state index is 5.73. The third kappa shape index (κ3) is 1.52. The van der Waals surface area contributed by atoms with Gasteiger partial charge in [0.15, 0.2) is 5.65 Å². The van der Waals surface area contributed by atoms with Crippen LogP contribution in [0, 0.1) is 6.92 Å². The Morgan fingerprint density at radius 2 is 2.12 bits per heavy atom. The van der Waals surface area contributed by atoms with Crippen molar-refractivity contribution in [3.63, 3.8) is 0 Å². The van der Waals surface area contributed by atoms with Crippen LogP contribution < -0.4 is 5.73 Å². The lowest BCUT2D eigenvalue weighted by Crippen LogP contribution is -2.02. The Bertz CT molecular complexity index is 686. The first-order valence-corrected chi connectivity index (χ1v) is 5.27. The molecule has 3 rings (SSSR count). The van der Waals surface area contributed by atoms with Crippen LogP contribution in [0.15, 0.2) is 36.8 Å². The van der Waals surface area contributed by atoms with Gasteiger partial charge in [0.05, 0.1) is 6.20 Å². The minimum absolute atomic E-state index is 0.342. The van der Waals surface area contributed by atoms with Crippen LogP contribution in [0.25, 0.3) is 16.8 Å². The molecule has 0 amide bonds. The van der Waals surface area contributed by atoms with Crippen molar-refractivity contribution in [3.8, 4) is 11.1 Å². The van der Waals surface area contributed by atoms with E-state index in [2.05, 4.69) is 34.1 Å². The first-order chi connectivity index (χ1) is 8.25. The van der Waals surface area contributed by atoms with Gasteiger partial charge >= 0.3 is 0 Å². The first kappa shape index (κ1) is 9.77. The second-order valence-corrected chi connectivity index (χ2v) is 3.90. The summed E-state index contributed by atoms with van der Waals surface area (Å²) in [5.41, 5.74) is 9.69. The molecule has 84 valence electrons. The van der Waals surface area contributed by atoms with E-state index >= 15 is 0 Å². The summed E-state index contributed by atoms with van der Waals surface area (Å²) in [5.74, 6) is 0.342. The van der Waals surface area contributed by atoms with Crippen LogP contribution in [0.1, 0.15) is 5.56 Å². The van der Waals surface area contributed by atoms with E-state index in [-0.39, 0.29) is 0 Å². The van der Waals surface area contributed by atoms with Gasteiger partial charge in [0.25, 0.3) is 0 Å². The van der Waals surface area contributed by atoms with Gasteiger partial charge in [-0.2, -0.15) is 9.61 Å². The number of nitrogen functional groups attached to an aromatic ring is 1. The van der Waals surface area contributed by atoms with Crippen LogP contribution >= 0.6 is 0 Å². The highest BCUT2D eigenvalue weighted by molar-refractivity contribution is 5.77. The summed E-state index contributed by atoms with van der Waals surface area (Å²) in [6.07, 6.45) is 3.21. The topological polar surface area (TPSA) is 69.1 Å². The van der Waals surface area contributed by atoms with Crippen LogP contribution in [-0.4, -0.2) is 19.6 Å². The Hall–Kier alpha value is -2.43. The Morgan fingerprint density at radius 3 is 2.94 bits per heavy atom. The average Bonchev–Trinajstić information content (AvgIpc) is 2.74. The number of anilines is 1. The molecule has 0 spiro atoms. The molecule has 0 fully saturated rings. The number of aryl methyl sites for hydroxylation is 1. The van der Waals surface area contributed by atoms with Crippen molar-refractivity contribution in [2.24, 2.45) is 0 Å². The monoisotopic (exact) mass is 225 g/mol. The van der Waals surface area contributed by atoms with Crippen LogP contribution in [0.4, 0.5) is 5.95 Å². The number of nitrogens with zero attached hydrogens (tertiary/aromatic N) is 4. The molecule has 2 aromatic heterocycles. The summed E-state index contributed by atoms with van der Waals surface area (Å²) in [6.45, 7) is 2.05. The minimum atomic E-state index is 0.342. The molecular weight excluding hydrogens is 214 g/mol. The summed E-state index contributed by atoms with van der Waals surface area (Å²) in [5, 5.41) is 4.19. The molecule has 5 nitrogen and oxygen atoms in total. The van der Waals surface area contributed by atoms with Gasteiger partial charge in [-0.1, -0.05) is 29.8 Å². The van der Waals surface area contributed by atoms with E-state index in [1.54, 1.807) is 6.20 Å². The van der Waals surface area contributed by atoms with Crippen LogP contribution in [0.3, 0.4) is 0 Å². The van der Waals surface area contributed by atoms with Crippen molar-refractivity contribution in [2.75, 3.05) is 5.73 Å². The van der Waals surface area contributed by atoms with E-state index in [9.17, 15) is 0 Å². The Morgan fingerprint density at radius 1 is 1.24 bits per heavy atom. The fourth-order valence-electron chi connectivity index (χ4n) is 1.85. The molecule has 2 N–H and O–H groups in total. The smallest absolute Gasteiger partial charge is 0.224 e. The maximum Gasteiger partial charge on any atom is 0.224 e. The van der Waals surface area contributed by atoms with Crippen molar-refractivity contribution in [1.82, 2.24) is 19.6 Å². The van der Waals surface area contributed by atoms with E-state index in [1.807, 2.05) is 12.1 Å². The molecule has 3 aromatic rings. The highest BCUT2D eigenvalue weighted by Crippen LogP contribution is 2.24. The normalized spacial score (nSPS) is 10.9. The predicted molar refractivity (Wildman–Crippen MR) is 65.4 cm³/mol. The Labute approximate surface area is 97.9 Å². The third-order valence-corrected chi connectivity index (χ3v) is 2.66. The van der Waals surface area contributed by atoms with E-state index in [0.717, 1.165) is 16.8 Å². The van der Waals surface area contributed by atoms with Gasteiger partial charge in [0, 0.05) is 5.56 Å². The number of fused-ring (bicyclic) bond motifs is 1. The molecule has 0 saturated carbocycles. The van der Waals surface area contributed by atoms with Crippen LogP contribution in [0.5, 0.6) is 0 Å². The molecule has 0 aliphatic rings. The van der Waals surface area contributed by atoms with Crippen LogP contribution in [-0.2, 0) is 0 Å². The molecule has 0 aliphatic heterocycles. The highest BCUT2D eigenvalue weighted by Gasteiger charge is 2.09. The van der Waals surface area contributed by atoms with Gasteiger partial charge in [0.2, 0.25) is 5.95 Å². The molecule has 17 heavy (non-hydrogen) atoms. The fraction of sp³-hybridized carbons (Fsp3) is 0.0833. The van der Waals surface area contributed by atoms with E-state index in [1.165, 1.54) is 16.4 Å². The number of nitrogens with two attached hydrogens (primary N) is 1. The Kier molecular flexibility index (Phi) is 2.04. The molecule has 0 unspecified atom stereocenters. The second-order valence-electron chi connectivity index (χ2n) is 3.90. The first-order valence-electron chi connectivity index (χ1n) is 5.27. The zero-order valence-electron chi connectivity index (χ0n) is 9.33. The molecule has 1 aromatic carbocycles. The number of hydrogen-bond acceptors (Lipinski definition) is 4. The SMILES string of the molecule is Cc1cccc(-c2cnn3c(N)ncnc23)c1. The lowest BCUT2D eigenvalue weighted by molar-refractivity contribution is 0.909. The molecule has 0 atom stereocenters. The lowest BCUT2D eigenvalue weighted by atomic mass is 10.1. The molecule has 2 heterocycles. The predicted octanol–water partition coefficient (Wildman–Crippen LogP) is 1.68. The second kappa shape index (κ2) is 3.55. The molecule has 0 bridgehead atoms. The molecule has 0 radical (unpaired) electrons. The fourth-order valence-corrected chi connectivity index (χ4v) is 1.85. The van der Waals surface area contributed by atoms with Gasteiger partial charge in [-0.05, 0) is 12.5 Å². The van der Waals surface area contributed by atoms with Gasteiger partial charge in [0.1, 0.15) is 6.33 Å². The quantitative estimate of drug-likeness (QED) is 0.684. The van der Waals surface area contributed by atoms with E-state index < -0.39 is 0 Å². The third-order valence-electron chi connectivity index (χ3n) is 2.66. The van der Waals surface area contributed by atoms with Crippen molar-refractivity contribution in [1.29, 1.82) is 0 Å². The Balaban J connectivity index is 2.28. The maximum absolute atomic E-state index is 5.73. The van der Waals surface area contributed by atoms with Crippen molar-refractivity contribution in [3.05, 3.63) is 42.4 Å². The van der Waals surface area contributed by atoms with Gasteiger partial charge in [-0.15, -0.1) is 0 Å². The highest BCUT2D eigenvalue weighted by atomic mass is 15.3. The molecule has 0 aliphatic carbocycles. The molecule has 0 saturated heterocycles. The molecule has 5 heteroatoms. The number of aromatic nitrogens is 4. The molecular formula is C12H11N5. The van der Waals surface area contributed by atoms with Crippen molar-refractivity contribution in [2.45, 2.75) is 6.92 Å². The van der Waals surface area contributed by atoms with Gasteiger partial charge in [-0.3, -0.25) is 0 Å². The minimum Gasteiger partial charge on any atom is -0.368 e. The van der Waals surface area contributed by atoms with Crippen molar-refractivity contribution < 1.29 is 0 Å². The van der Waals surface area contributed by atoms with Crippen LogP contribution in [0.2, 0.25) is 0 Å². The van der Waals surface area contributed by atoms with E-state index in [4.69, 9.17) is 5.73 Å². The largest absolute Gasteiger partial charge is 0.368 e. The summed E-state index contributed by atoms with van der Waals surface area (Å²) in [4.78, 5) is 8.12. The van der Waals surface area contributed by atoms with Crippen molar-refractivity contribution >= 4 is 11.6 Å². The standard InChI is InChI=1S/C12H11N5/c1-8-3-2-4-9(5-8)10-6-16-17-11(10)14-7-15-12(17)13/h2-7H,1H3,(H2,13,14,15). The summed E-state index contributed by atoms with van der Waals surface area (Å²) in [6, 6.07) is 8.19. The summed E-state index contributed by atoms with van der Waals surface area (Å²) in [7, 11) is 0. The number of rotatable bonds is 1.